The van der Waals surface area contributed by atoms with Crippen LogP contribution in [0.3, 0.4) is 0 Å². The minimum atomic E-state index is -0.544. The maximum Gasteiger partial charge on any atom is 0.338 e. The smallest absolute Gasteiger partial charge is 0.338 e. The summed E-state index contributed by atoms with van der Waals surface area (Å²) in [4.78, 5) is 36.0. The van der Waals surface area contributed by atoms with Crippen molar-refractivity contribution in [2.24, 2.45) is 0 Å². The molecule has 166 valence electrons. The largest absolute Gasteiger partial charge is 0.454 e. The molecular weight excluding hydrogens is 406 g/mol. The Morgan fingerprint density at radius 3 is 2.06 bits per heavy atom. The molecule has 1 heterocycles. The number of ether oxygens (including phenoxy) is 2. The van der Waals surface area contributed by atoms with Gasteiger partial charge in [0.1, 0.15) is 5.75 Å². The number of carbonyl (C=O) groups excluding carboxylic acids is 3. The van der Waals surface area contributed by atoms with Crippen LogP contribution >= 0.6 is 0 Å². The fourth-order valence-electron chi connectivity index (χ4n) is 3.62. The number of carbonyl (C=O) groups is 3. The van der Waals surface area contributed by atoms with Gasteiger partial charge >= 0.3 is 11.9 Å². The zero-order valence-electron chi connectivity index (χ0n) is 18.8. The second kappa shape index (κ2) is 10.1. The van der Waals surface area contributed by atoms with Gasteiger partial charge in [0.2, 0.25) is 5.78 Å². The van der Waals surface area contributed by atoms with E-state index in [-0.39, 0.29) is 18.4 Å². The molecule has 2 aromatic carbocycles. The van der Waals surface area contributed by atoms with Crippen molar-refractivity contribution in [2.45, 2.75) is 40.7 Å². The molecule has 32 heavy (non-hydrogen) atoms. The van der Waals surface area contributed by atoms with Crippen molar-refractivity contribution >= 4 is 17.7 Å². The Morgan fingerprint density at radius 2 is 1.50 bits per heavy atom. The molecule has 6 heteroatoms. The van der Waals surface area contributed by atoms with Gasteiger partial charge in [0, 0.05) is 30.4 Å². The van der Waals surface area contributed by atoms with Crippen LogP contribution in [-0.2, 0) is 16.1 Å². The predicted molar refractivity (Wildman–Crippen MR) is 122 cm³/mol. The highest BCUT2D eigenvalue weighted by Crippen LogP contribution is 2.23. The van der Waals surface area contributed by atoms with E-state index in [9.17, 15) is 14.4 Å². The first-order chi connectivity index (χ1) is 15.3. The molecule has 0 saturated carbocycles. The second-order valence-electron chi connectivity index (χ2n) is 7.63. The lowest BCUT2D eigenvalue weighted by molar-refractivity contribution is -0.131. The Labute approximate surface area is 187 Å². The first-order valence-corrected chi connectivity index (χ1v) is 10.6. The van der Waals surface area contributed by atoms with Gasteiger partial charge in [0.15, 0.2) is 6.61 Å². The summed E-state index contributed by atoms with van der Waals surface area (Å²) < 4.78 is 12.4. The Balaban J connectivity index is 1.62. The molecule has 0 aliphatic rings. The van der Waals surface area contributed by atoms with Gasteiger partial charge in [-0.05, 0) is 61.7 Å². The molecule has 0 aliphatic heterocycles. The van der Waals surface area contributed by atoms with Crippen LogP contribution < -0.4 is 4.74 Å². The van der Waals surface area contributed by atoms with E-state index in [0.717, 1.165) is 35.5 Å². The molecule has 3 aromatic rings. The second-order valence-corrected chi connectivity index (χ2v) is 7.63. The van der Waals surface area contributed by atoms with Crippen LogP contribution in [-0.4, -0.2) is 28.9 Å². The third-order valence-electron chi connectivity index (χ3n) is 5.23. The molecule has 0 N–H and O–H groups in total. The van der Waals surface area contributed by atoms with Crippen molar-refractivity contribution in [3.05, 3.63) is 77.1 Å². The van der Waals surface area contributed by atoms with Crippen molar-refractivity contribution in [1.29, 1.82) is 0 Å². The van der Waals surface area contributed by atoms with Gasteiger partial charge in [-0.25, -0.2) is 4.79 Å². The highest BCUT2D eigenvalue weighted by Gasteiger charge is 2.17. The molecule has 0 atom stereocenters. The highest BCUT2D eigenvalue weighted by atomic mass is 16.5. The predicted octanol–water partition coefficient (Wildman–Crippen LogP) is 5.15. The van der Waals surface area contributed by atoms with Gasteiger partial charge in [-0.2, -0.15) is 0 Å². The summed E-state index contributed by atoms with van der Waals surface area (Å²) in [6, 6.07) is 15.9. The molecule has 0 saturated heterocycles. The standard InChI is InChI=1S/C26H27NO5/c1-5-14-27-17(2)15-24(18(27)3)25(29)16-31-26(30)22-8-6-20(7-9-22)21-10-12-23(13-11-21)32-19(4)28/h6-13,15H,5,14,16H2,1-4H3. The number of hydrogen-bond donors (Lipinski definition) is 0. The highest BCUT2D eigenvalue weighted by molar-refractivity contribution is 6.00. The molecule has 0 spiro atoms. The van der Waals surface area contributed by atoms with Crippen molar-refractivity contribution in [3.63, 3.8) is 0 Å². The summed E-state index contributed by atoms with van der Waals surface area (Å²) in [5.74, 6) is -0.653. The van der Waals surface area contributed by atoms with Crippen molar-refractivity contribution < 1.29 is 23.9 Å². The monoisotopic (exact) mass is 433 g/mol. The fraction of sp³-hybridized carbons (Fsp3) is 0.269. The Kier molecular flexibility index (Phi) is 7.25. The van der Waals surface area contributed by atoms with E-state index in [1.54, 1.807) is 36.4 Å². The molecule has 0 unspecified atom stereocenters. The number of Topliss-reactive ketones (excluding diaryl/α,β-unsaturated/α-hetero) is 1. The molecule has 0 amide bonds. The van der Waals surface area contributed by atoms with Crippen LogP contribution in [0.4, 0.5) is 0 Å². The van der Waals surface area contributed by atoms with Crippen LogP contribution in [0.1, 0.15) is 52.4 Å². The van der Waals surface area contributed by atoms with Crippen molar-refractivity contribution in [1.82, 2.24) is 4.57 Å². The van der Waals surface area contributed by atoms with E-state index in [1.165, 1.54) is 6.92 Å². The number of rotatable bonds is 8. The van der Waals surface area contributed by atoms with E-state index in [0.29, 0.717) is 16.9 Å². The summed E-state index contributed by atoms with van der Waals surface area (Å²) in [6.07, 6.45) is 0.977. The number of nitrogens with zero attached hydrogens (tertiary/aromatic N) is 1. The van der Waals surface area contributed by atoms with E-state index < -0.39 is 5.97 Å². The average Bonchev–Trinajstić information content (AvgIpc) is 3.06. The van der Waals surface area contributed by atoms with Gasteiger partial charge in [0.25, 0.3) is 0 Å². The molecule has 0 bridgehead atoms. The topological polar surface area (TPSA) is 74.6 Å². The summed E-state index contributed by atoms with van der Waals surface area (Å²) >= 11 is 0. The maximum absolute atomic E-state index is 12.6. The Bertz CT molecular complexity index is 1120. The molecule has 0 radical (unpaired) electrons. The van der Waals surface area contributed by atoms with Crippen LogP contribution in [0.15, 0.2) is 54.6 Å². The first kappa shape index (κ1) is 23.0. The third-order valence-corrected chi connectivity index (χ3v) is 5.23. The molecule has 3 rings (SSSR count). The average molecular weight is 434 g/mol. The normalized spacial score (nSPS) is 10.6. The van der Waals surface area contributed by atoms with Gasteiger partial charge in [-0.3, -0.25) is 9.59 Å². The first-order valence-electron chi connectivity index (χ1n) is 10.6. The van der Waals surface area contributed by atoms with E-state index in [2.05, 4.69) is 11.5 Å². The molecule has 6 nitrogen and oxygen atoms in total. The number of benzene rings is 2. The minimum Gasteiger partial charge on any atom is -0.454 e. The van der Waals surface area contributed by atoms with E-state index >= 15 is 0 Å². The lowest BCUT2D eigenvalue weighted by Crippen LogP contribution is -2.15. The van der Waals surface area contributed by atoms with Gasteiger partial charge in [-0.1, -0.05) is 31.2 Å². The summed E-state index contributed by atoms with van der Waals surface area (Å²) in [5.41, 5.74) is 4.70. The molecule has 0 fully saturated rings. The van der Waals surface area contributed by atoms with Crippen molar-refractivity contribution in [3.8, 4) is 16.9 Å². The van der Waals surface area contributed by atoms with Gasteiger partial charge < -0.3 is 14.0 Å². The van der Waals surface area contributed by atoms with Crippen LogP contribution in [0, 0.1) is 13.8 Å². The number of aryl methyl sites for hydroxylation is 1. The molecule has 1 aromatic heterocycles. The number of ketones is 1. The number of hydrogen-bond acceptors (Lipinski definition) is 5. The third kappa shape index (κ3) is 5.32. The number of aromatic nitrogens is 1. The van der Waals surface area contributed by atoms with Crippen LogP contribution in [0.25, 0.3) is 11.1 Å². The minimum absolute atomic E-state index is 0.210. The zero-order chi connectivity index (χ0) is 23.3. The summed E-state index contributed by atoms with van der Waals surface area (Å²) in [6.45, 7) is 7.87. The summed E-state index contributed by atoms with van der Waals surface area (Å²) in [5, 5.41) is 0. The van der Waals surface area contributed by atoms with Crippen LogP contribution in [0.5, 0.6) is 5.75 Å². The number of esters is 2. The maximum atomic E-state index is 12.6. The Hall–Kier alpha value is -3.67. The molecule has 0 aliphatic carbocycles. The summed E-state index contributed by atoms with van der Waals surface area (Å²) in [7, 11) is 0. The van der Waals surface area contributed by atoms with Crippen LogP contribution in [0.2, 0.25) is 0 Å². The lowest BCUT2D eigenvalue weighted by atomic mass is 10.0. The fourth-order valence-corrected chi connectivity index (χ4v) is 3.62. The Morgan fingerprint density at radius 1 is 0.906 bits per heavy atom. The van der Waals surface area contributed by atoms with Gasteiger partial charge in [0.05, 0.1) is 5.56 Å². The van der Waals surface area contributed by atoms with E-state index in [4.69, 9.17) is 9.47 Å². The van der Waals surface area contributed by atoms with E-state index in [1.807, 2.05) is 32.0 Å². The lowest BCUT2D eigenvalue weighted by Gasteiger charge is -2.08. The molecular formula is C26H27NO5. The van der Waals surface area contributed by atoms with Gasteiger partial charge in [-0.15, -0.1) is 0 Å². The zero-order valence-corrected chi connectivity index (χ0v) is 18.8. The quantitative estimate of drug-likeness (QED) is 0.279. The van der Waals surface area contributed by atoms with Crippen molar-refractivity contribution in [2.75, 3.05) is 6.61 Å². The SMILES string of the molecule is CCCn1c(C)cc(C(=O)COC(=O)c2ccc(-c3ccc(OC(C)=O)cc3)cc2)c1C.